The van der Waals surface area contributed by atoms with Crippen LogP contribution in [0.25, 0.3) is 0 Å². The Hall–Kier alpha value is -1.86. The summed E-state index contributed by atoms with van der Waals surface area (Å²) in [7, 11) is 0. The molecule has 0 heterocycles. The first kappa shape index (κ1) is 15.5. The van der Waals surface area contributed by atoms with Gasteiger partial charge in [-0.2, -0.15) is 0 Å². The monoisotopic (exact) mass is 370 g/mol. The number of thiocarbonyl (C=S) groups is 1. The van der Waals surface area contributed by atoms with Gasteiger partial charge in [-0.3, -0.25) is 4.79 Å². The van der Waals surface area contributed by atoms with Crippen LogP contribution in [0.5, 0.6) is 0 Å². The summed E-state index contributed by atoms with van der Waals surface area (Å²) in [5.74, 6) is -2.17. The predicted molar refractivity (Wildman–Crippen MR) is 84.3 cm³/mol. The maximum Gasteiger partial charge on any atom is 0.255 e. The van der Waals surface area contributed by atoms with Crippen LogP contribution in [-0.2, 0) is 0 Å². The highest BCUT2D eigenvalue weighted by molar-refractivity contribution is 9.10. The minimum atomic E-state index is -0.866. The number of anilines is 1. The molecule has 0 bridgehead atoms. The number of carbonyl (C=O) groups is 1. The van der Waals surface area contributed by atoms with Crippen LogP contribution in [0.4, 0.5) is 14.5 Å². The molecule has 0 radical (unpaired) electrons. The van der Waals surface area contributed by atoms with Gasteiger partial charge < -0.3 is 11.1 Å². The molecule has 0 aromatic heterocycles. The number of halogens is 3. The molecule has 0 saturated carbocycles. The number of carbonyl (C=O) groups excluding carboxylic acids is 1. The minimum Gasteiger partial charge on any atom is -0.389 e. The second-order valence-electron chi connectivity index (χ2n) is 4.15. The molecule has 2 aromatic carbocycles. The smallest absolute Gasteiger partial charge is 0.255 e. The topological polar surface area (TPSA) is 55.1 Å². The van der Waals surface area contributed by atoms with Crippen molar-refractivity contribution in [3.05, 3.63) is 63.6 Å². The van der Waals surface area contributed by atoms with Gasteiger partial charge in [0.05, 0.1) is 10.2 Å². The van der Waals surface area contributed by atoms with E-state index in [-0.39, 0.29) is 20.7 Å². The number of hydrogen-bond donors (Lipinski definition) is 2. The molecule has 7 heteroatoms. The second-order valence-corrected chi connectivity index (χ2v) is 5.44. The van der Waals surface area contributed by atoms with Crippen LogP contribution in [-0.4, -0.2) is 10.9 Å². The van der Waals surface area contributed by atoms with Gasteiger partial charge in [0.25, 0.3) is 5.91 Å². The van der Waals surface area contributed by atoms with E-state index >= 15 is 0 Å². The maximum atomic E-state index is 13.6. The van der Waals surface area contributed by atoms with Gasteiger partial charge in [-0.1, -0.05) is 24.4 Å². The average molecular weight is 371 g/mol. The highest BCUT2D eigenvalue weighted by Gasteiger charge is 2.13. The zero-order chi connectivity index (χ0) is 15.6. The molecule has 108 valence electrons. The molecule has 3 N–H and O–H groups in total. The molecule has 0 unspecified atom stereocenters. The molecule has 2 aromatic rings. The third kappa shape index (κ3) is 3.62. The van der Waals surface area contributed by atoms with E-state index in [4.69, 9.17) is 18.0 Å². The molecule has 0 fully saturated rings. The fourth-order valence-electron chi connectivity index (χ4n) is 1.63. The lowest BCUT2D eigenvalue weighted by atomic mass is 10.1. The molecule has 21 heavy (non-hydrogen) atoms. The Morgan fingerprint density at radius 1 is 1.14 bits per heavy atom. The average Bonchev–Trinajstić information content (AvgIpc) is 2.44. The molecule has 0 aliphatic carbocycles. The van der Waals surface area contributed by atoms with Crippen LogP contribution in [0.2, 0.25) is 0 Å². The van der Waals surface area contributed by atoms with Crippen molar-refractivity contribution >= 4 is 44.7 Å². The van der Waals surface area contributed by atoms with Crippen LogP contribution < -0.4 is 11.1 Å². The van der Waals surface area contributed by atoms with Crippen LogP contribution in [0.1, 0.15) is 15.9 Å². The summed E-state index contributed by atoms with van der Waals surface area (Å²) < 4.78 is 26.8. The molecule has 0 saturated heterocycles. The zero-order valence-electron chi connectivity index (χ0n) is 10.5. The van der Waals surface area contributed by atoms with Gasteiger partial charge in [-0.15, -0.1) is 0 Å². The lowest BCUT2D eigenvalue weighted by molar-refractivity contribution is 0.102. The number of rotatable bonds is 3. The highest BCUT2D eigenvalue weighted by atomic mass is 79.9. The van der Waals surface area contributed by atoms with E-state index in [2.05, 4.69) is 21.2 Å². The van der Waals surface area contributed by atoms with Crippen molar-refractivity contribution in [3.63, 3.8) is 0 Å². The summed E-state index contributed by atoms with van der Waals surface area (Å²) in [6, 6.07) is 8.14. The van der Waals surface area contributed by atoms with Gasteiger partial charge in [0, 0.05) is 17.2 Å². The van der Waals surface area contributed by atoms with Crippen molar-refractivity contribution in [2.45, 2.75) is 0 Å². The molecule has 2 rings (SSSR count). The summed E-state index contributed by atoms with van der Waals surface area (Å²) in [4.78, 5) is 12.2. The molecular weight excluding hydrogens is 362 g/mol. The molecule has 0 spiro atoms. The van der Waals surface area contributed by atoms with Crippen molar-refractivity contribution in [2.24, 2.45) is 5.73 Å². The van der Waals surface area contributed by atoms with Gasteiger partial charge in [0.1, 0.15) is 16.6 Å². The van der Waals surface area contributed by atoms with Crippen molar-refractivity contribution in [1.82, 2.24) is 0 Å². The van der Waals surface area contributed by atoms with Crippen LogP contribution in [0, 0.1) is 11.6 Å². The van der Waals surface area contributed by atoms with E-state index < -0.39 is 17.5 Å². The first-order valence-electron chi connectivity index (χ1n) is 5.74. The fraction of sp³-hybridized carbons (Fsp3) is 0. The lowest BCUT2D eigenvalue weighted by Gasteiger charge is -2.08. The van der Waals surface area contributed by atoms with E-state index in [1.54, 1.807) is 12.1 Å². The first-order chi connectivity index (χ1) is 9.88. The molecular formula is C14H9BrF2N2OS. The Bertz CT molecular complexity index is 737. The zero-order valence-corrected chi connectivity index (χ0v) is 12.9. The van der Waals surface area contributed by atoms with Crippen molar-refractivity contribution in [2.75, 3.05) is 5.32 Å². The second kappa shape index (κ2) is 6.28. The minimum absolute atomic E-state index is 0.0519. The number of benzene rings is 2. The summed E-state index contributed by atoms with van der Waals surface area (Å²) in [5, 5.41) is 2.37. The third-order valence-corrected chi connectivity index (χ3v) is 3.51. The van der Waals surface area contributed by atoms with Crippen molar-refractivity contribution in [3.8, 4) is 0 Å². The standard InChI is InChI=1S/C14H9BrF2N2OS/c15-9-5-12(11(17)6-10(9)16)19-14(20)8-3-1-2-7(4-8)13(18)21/h1-6H,(H2,18,21)(H,19,20). The Labute approximate surface area is 133 Å². The maximum absolute atomic E-state index is 13.6. The largest absolute Gasteiger partial charge is 0.389 e. The van der Waals surface area contributed by atoms with Crippen LogP contribution in [0.15, 0.2) is 40.9 Å². The Morgan fingerprint density at radius 2 is 1.81 bits per heavy atom. The van der Waals surface area contributed by atoms with Gasteiger partial charge in [-0.25, -0.2) is 8.78 Å². The SMILES string of the molecule is NC(=S)c1cccc(C(=O)Nc2cc(Br)c(F)cc2F)c1. The molecule has 0 aliphatic rings. The molecule has 0 aliphatic heterocycles. The fourth-order valence-corrected chi connectivity index (χ4v) is 2.10. The number of nitrogens with two attached hydrogens (primary N) is 1. The van der Waals surface area contributed by atoms with E-state index in [0.29, 0.717) is 11.6 Å². The molecule has 1 amide bonds. The van der Waals surface area contributed by atoms with Crippen LogP contribution in [0.3, 0.4) is 0 Å². The highest BCUT2D eigenvalue weighted by Crippen LogP contribution is 2.24. The quantitative estimate of drug-likeness (QED) is 0.640. The first-order valence-corrected chi connectivity index (χ1v) is 6.94. The van der Waals surface area contributed by atoms with Gasteiger partial charge >= 0.3 is 0 Å². The number of nitrogens with one attached hydrogen (secondary N) is 1. The normalized spacial score (nSPS) is 10.2. The molecule has 0 atom stereocenters. The Kier molecular flexibility index (Phi) is 4.64. The summed E-state index contributed by atoms with van der Waals surface area (Å²) in [5.41, 5.74) is 6.15. The van der Waals surface area contributed by atoms with E-state index in [1.165, 1.54) is 12.1 Å². The third-order valence-electron chi connectivity index (χ3n) is 2.67. The summed E-state index contributed by atoms with van der Waals surface area (Å²) in [6.07, 6.45) is 0. The number of amides is 1. The van der Waals surface area contributed by atoms with E-state index in [1.807, 2.05) is 0 Å². The lowest BCUT2D eigenvalue weighted by Crippen LogP contribution is -2.15. The van der Waals surface area contributed by atoms with Gasteiger partial charge in [-0.05, 0) is 34.1 Å². The Balaban J connectivity index is 2.28. The van der Waals surface area contributed by atoms with E-state index in [0.717, 1.165) is 6.07 Å². The predicted octanol–water partition coefficient (Wildman–Crippen LogP) is 3.61. The summed E-state index contributed by atoms with van der Waals surface area (Å²) in [6.45, 7) is 0. The van der Waals surface area contributed by atoms with Gasteiger partial charge in [0.2, 0.25) is 0 Å². The van der Waals surface area contributed by atoms with Crippen molar-refractivity contribution in [1.29, 1.82) is 0 Å². The number of hydrogen-bond acceptors (Lipinski definition) is 2. The summed E-state index contributed by atoms with van der Waals surface area (Å²) >= 11 is 7.76. The van der Waals surface area contributed by atoms with Gasteiger partial charge in [0.15, 0.2) is 0 Å². The van der Waals surface area contributed by atoms with E-state index in [9.17, 15) is 13.6 Å². The Morgan fingerprint density at radius 3 is 2.48 bits per heavy atom. The van der Waals surface area contributed by atoms with Crippen molar-refractivity contribution < 1.29 is 13.6 Å². The van der Waals surface area contributed by atoms with Crippen LogP contribution >= 0.6 is 28.1 Å². The molecule has 3 nitrogen and oxygen atoms in total.